The van der Waals surface area contributed by atoms with Crippen LogP contribution in [0.2, 0.25) is 0 Å². The van der Waals surface area contributed by atoms with E-state index in [1.807, 2.05) is 12.1 Å². The van der Waals surface area contributed by atoms with Gasteiger partial charge in [0.15, 0.2) is 12.0 Å². The SMILES string of the molecule is C[C@H]1CN(C)CCN1c1ccc(Nc2ccnc(-c3ccc(O[C@H]4CCN(C(=O)CO)C[C@H]4F)c(C#N)c3)n2)cc1. The van der Waals surface area contributed by atoms with Gasteiger partial charge in [-0.05, 0) is 62.5 Å². The topological polar surface area (TPSA) is 118 Å². The molecular formula is C30H34FN7O3. The van der Waals surface area contributed by atoms with E-state index in [4.69, 9.17) is 9.84 Å². The van der Waals surface area contributed by atoms with E-state index in [1.54, 1.807) is 30.5 Å². The van der Waals surface area contributed by atoms with E-state index < -0.39 is 24.8 Å². The second kappa shape index (κ2) is 12.5. The molecule has 5 rings (SSSR count). The Morgan fingerprint density at radius 3 is 2.68 bits per heavy atom. The van der Waals surface area contributed by atoms with Crippen LogP contribution >= 0.6 is 0 Å². The number of nitriles is 1. The minimum Gasteiger partial charge on any atom is -0.486 e. The van der Waals surface area contributed by atoms with E-state index in [9.17, 15) is 14.4 Å². The molecule has 0 radical (unpaired) electrons. The van der Waals surface area contributed by atoms with Gasteiger partial charge >= 0.3 is 0 Å². The number of hydrogen-bond donors (Lipinski definition) is 2. The molecule has 0 aliphatic carbocycles. The van der Waals surface area contributed by atoms with Gasteiger partial charge in [0.1, 0.15) is 30.3 Å². The van der Waals surface area contributed by atoms with Crippen molar-refractivity contribution < 1.29 is 19.0 Å². The van der Waals surface area contributed by atoms with Gasteiger partial charge in [-0.15, -0.1) is 0 Å². The maximum absolute atomic E-state index is 14.7. The lowest BCUT2D eigenvalue weighted by Gasteiger charge is -2.39. The number of carbonyl (C=O) groups excluding carboxylic acids is 1. The maximum atomic E-state index is 14.7. The number of aromatic nitrogens is 2. The van der Waals surface area contributed by atoms with Crippen LogP contribution < -0.4 is 15.0 Å². The smallest absolute Gasteiger partial charge is 0.248 e. The van der Waals surface area contributed by atoms with Gasteiger partial charge in [-0.1, -0.05) is 0 Å². The first kappa shape index (κ1) is 28.3. The monoisotopic (exact) mass is 559 g/mol. The minimum atomic E-state index is -1.43. The van der Waals surface area contributed by atoms with Crippen molar-refractivity contribution in [3.05, 3.63) is 60.3 Å². The molecule has 2 fully saturated rings. The van der Waals surface area contributed by atoms with E-state index in [2.05, 4.69) is 57.3 Å². The fraction of sp³-hybridized carbons (Fsp3) is 0.400. The number of alkyl halides is 1. The molecule has 1 amide bonds. The highest BCUT2D eigenvalue weighted by molar-refractivity contribution is 5.77. The Balaban J connectivity index is 1.25. The molecule has 2 N–H and O–H groups in total. The molecule has 2 aliphatic heterocycles. The number of hydrogen-bond acceptors (Lipinski definition) is 9. The van der Waals surface area contributed by atoms with E-state index in [1.165, 1.54) is 10.6 Å². The van der Waals surface area contributed by atoms with E-state index in [0.717, 1.165) is 25.3 Å². The maximum Gasteiger partial charge on any atom is 0.248 e. The molecular weight excluding hydrogens is 525 g/mol. The summed E-state index contributed by atoms with van der Waals surface area (Å²) in [6.45, 7) is 4.77. The normalized spacial score (nSPS) is 21.3. The molecule has 0 saturated carbocycles. The number of nitrogens with zero attached hydrogens (tertiary/aromatic N) is 6. The molecule has 2 aliphatic rings. The number of likely N-dealkylation sites (tertiary alicyclic amines) is 1. The van der Waals surface area contributed by atoms with Gasteiger partial charge in [-0.3, -0.25) is 4.79 Å². The van der Waals surface area contributed by atoms with Crippen LogP contribution in [-0.4, -0.2) is 95.5 Å². The zero-order valence-electron chi connectivity index (χ0n) is 23.2. The van der Waals surface area contributed by atoms with Gasteiger partial charge in [0, 0.05) is 61.8 Å². The van der Waals surface area contributed by atoms with Crippen molar-refractivity contribution >= 4 is 23.1 Å². The summed E-state index contributed by atoms with van der Waals surface area (Å²) < 4.78 is 20.6. The Morgan fingerprint density at radius 1 is 1.17 bits per heavy atom. The van der Waals surface area contributed by atoms with Crippen LogP contribution in [0.25, 0.3) is 11.4 Å². The molecule has 1 aromatic heterocycles. The first-order valence-corrected chi connectivity index (χ1v) is 13.7. The molecule has 10 nitrogen and oxygen atoms in total. The molecule has 41 heavy (non-hydrogen) atoms. The highest BCUT2D eigenvalue weighted by Crippen LogP contribution is 2.29. The first-order valence-electron chi connectivity index (χ1n) is 13.7. The summed E-state index contributed by atoms with van der Waals surface area (Å²) in [5.41, 5.74) is 2.94. The van der Waals surface area contributed by atoms with E-state index in [-0.39, 0.29) is 30.8 Å². The summed E-state index contributed by atoms with van der Waals surface area (Å²) in [6, 6.07) is 17.6. The van der Waals surface area contributed by atoms with E-state index in [0.29, 0.717) is 23.2 Å². The Kier molecular flexibility index (Phi) is 8.61. The van der Waals surface area contributed by atoms with Gasteiger partial charge in [0.25, 0.3) is 0 Å². The second-order valence-electron chi connectivity index (χ2n) is 10.5. The van der Waals surface area contributed by atoms with Crippen molar-refractivity contribution in [2.75, 3.05) is 56.6 Å². The molecule has 0 bridgehead atoms. The zero-order chi connectivity index (χ0) is 28.9. The molecule has 2 aromatic carbocycles. The van der Waals surface area contributed by atoms with Crippen molar-refractivity contribution in [1.29, 1.82) is 5.26 Å². The molecule has 214 valence electrons. The number of rotatable bonds is 7. The second-order valence-corrected chi connectivity index (χ2v) is 10.5. The van der Waals surface area contributed by atoms with Crippen molar-refractivity contribution in [1.82, 2.24) is 19.8 Å². The number of piperidine rings is 1. The molecule has 3 atom stereocenters. The van der Waals surface area contributed by atoms with Crippen LogP contribution in [0.4, 0.5) is 21.6 Å². The number of amides is 1. The number of ether oxygens (including phenoxy) is 1. The lowest BCUT2D eigenvalue weighted by molar-refractivity contribution is -0.138. The van der Waals surface area contributed by atoms with Crippen LogP contribution in [0.1, 0.15) is 18.9 Å². The molecule has 3 aromatic rings. The summed E-state index contributed by atoms with van der Waals surface area (Å²) >= 11 is 0. The Labute approximate surface area is 239 Å². The summed E-state index contributed by atoms with van der Waals surface area (Å²) in [7, 11) is 2.15. The van der Waals surface area contributed by atoms with Gasteiger partial charge in [-0.25, -0.2) is 14.4 Å². The number of carbonyl (C=O) groups is 1. The number of aliphatic hydroxyl groups is 1. The van der Waals surface area contributed by atoms with Gasteiger partial charge in [0.05, 0.1) is 12.1 Å². The van der Waals surface area contributed by atoms with Gasteiger partial charge < -0.3 is 29.9 Å². The third kappa shape index (κ3) is 6.56. The van der Waals surface area contributed by atoms with Crippen LogP contribution in [0.15, 0.2) is 54.7 Å². The standard InChI is InChI=1S/C30H34FN7O3/c1-20-17-36(2)13-14-38(20)24-6-4-23(5-7-24)34-28-9-11-33-30(35-28)21-3-8-26(22(15-21)16-32)41-27-10-12-37(18-25(27)31)29(40)19-39/h3-9,11,15,20,25,27,39H,10,12-14,17-19H2,1-2H3,(H,33,34,35)/t20-,25+,27-/m0/s1. The van der Waals surface area contributed by atoms with Crippen LogP contribution in [0, 0.1) is 11.3 Å². The van der Waals surface area contributed by atoms with Gasteiger partial charge in [-0.2, -0.15) is 5.26 Å². The molecule has 11 heteroatoms. The van der Waals surface area contributed by atoms with Crippen molar-refractivity contribution in [3.63, 3.8) is 0 Å². The minimum absolute atomic E-state index is 0.157. The van der Waals surface area contributed by atoms with Crippen molar-refractivity contribution in [3.8, 4) is 23.2 Å². The average Bonchev–Trinajstić information content (AvgIpc) is 2.98. The average molecular weight is 560 g/mol. The van der Waals surface area contributed by atoms with Gasteiger partial charge in [0.2, 0.25) is 5.91 Å². The quantitative estimate of drug-likeness (QED) is 0.450. The summed E-state index contributed by atoms with van der Waals surface area (Å²) in [5, 5.41) is 22.1. The summed E-state index contributed by atoms with van der Waals surface area (Å²) in [4.78, 5) is 26.7. The lowest BCUT2D eigenvalue weighted by atomic mass is 10.0. The summed E-state index contributed by atoms with van der Waals surface area (Å²) in [5.74, 6) is 0.788. The van der Waals surface area contributed by atoms with Crippen LogP contribution in [0.3, 0.4) is 0 Å². The molecule has 3 heterocycles. The van der Waals surface area contributed by atoms with Crippen molar-refractivity contribution in [2.24, 2.45) is 0 Å². The number of aliphatic hydroxyl groups excluding tert-OH is 1. The predicted octanol–water partition coefficient (Wildman–Crippen LogP) is 3.21. The molecule has 2 saturated heterocycles. The van der Waals surface area contributed by atoms with Crippen LogP contribution in [0.5, 0.6) is 5.75 Å². The fourth-order valence-corrected chi connectivity index (χ4v) is 5.34. The number of piperazine rings is 1. The first-order chi connectivity index (χ1) is 19.8. The van der Waals surface area contributed by atoms with Crippen LogP contribution in [-0.2, 0) is 4.79 Å². The Morgan fingerprint density at radius 2 is 1.98 bits per heavy atom. The molecule has 0 spiro atoms. The fourth-order valence-electron chi connectivity index (χ4n) is 5.34. The number of nitrogens with one attached hydrogen (secondary N) is 1. The third-order valence-electron chi connectivity index (χ3n) is 7.56. The third-order valence-corrected chi connectivity index (χ3v) is 7.56. The number of benzene rings is 2. The lowest BCUT2D eigenvalue weighted by Crippen LogP contribution is -2.50. The highest BCUT2D eigenvalue weighted by Gasteiger charge is 2.33. The number of likely N-dealkylation sites (N-methyl/N-ethyl adjacent to an activating group) is 1. The highest BCUT2D eigenvalue weighted by atomic mass is 19.1. The number of halogens is 1. The zero-order valence-corrected chi connectivity index (χ0v) is 23.2. The summed E-state index contributed by atoms with van der Waals surface area (Å²) in [6.07, 6.45) is -0.330. The predicted molar refractivity (Wildman–Crippen MR) is 154 cm³/mol. The molecule has 0 unspecified atom stereocenters. The number of anilines is 3. The largest absolute Gasteiger partial charge is 0.486 e. The Bertz CT molecular complexity index is 1410. The Hall–Kier alpha value is -4.27. The van der Waals surface area contributed by atoms with E-state index >= 15 is 0 Å². The van der Waals surface area contributed by atoms with Crippen molar-refractivity contribution in [2.45, 2.75) is 31.7 Å².